The van der Waals surface area contributed by atoms with Crippen LogP contribution in [0.2, 0.25) is 0 Å². The van der Waals surface area contributed by atoms with E-state index in [1.807, 2.05) is 0 Å². The Balaban J connectivity index is 2.89. The van der Waals surface area contributed by atoms with Crippen LogP contribution < -0.4 is 0 Å². The molecule has 0 aliphatic carbocycles. The van der Waals surface area contributed by atoms with E-state index in [0.717, 1.165) is 0 Å². The number of rotatable bonds is 5. The van der Waals surface area contributed by atoms with Crippen molar-refractivity contribution in [2.75, 3.05) is 6.61 Å². The Morgan fingerprint density at radius 3 is 2.42 bits per heavy atom. The van der Waals surface area contributed by atoms with Gasteiger partial charge < -0.3 is 4.74 Å². The molecular weight excluding hydrogens is 268 g/mol. The van der Waals surface area contributed by atoms with Gasteiger partial charge in [0, 0.05) is 0 Å². The molecule has 0 bridgehead atoms. The molecule has 0 aliphatic rings. The zero-order valence-corrected chi connectivity index (χ0v) is 11.4. The predicted octanol–water partition coefficient (Wildman–Crippen LogP) is 1.35. The van der Waals surface area contributed by atoms with E-state index in [4.69, 9.17) is 10.6 Å². The van der Waals surface area contributed by atoms with Gasteiger partial charge in [-0.25, -0.2) is 8.98 Å². The first-order chi connectivity index (χ1) is 8.79. The molecule has 0 saturated heterocycles. The van der Waals surface area contributed by atoms with Gasteiger partial charge in [-0.2, -0.15) is 8.42 Å². The Morgan fingerprint density at radius 2 is 1.89 bits per heavy atom. The van der Waals surface area contributed by atoms with Crippen LogP contribution >= 0.6 is 0 Å². The summed E-state index contributed by atoms with van der Waals surface area (Å²) in [4.78, 5) is 11.6. The molecule has 1 aromatic rings. The summed E-state index contributed by atoms with van der Waals surface area (Å²) in [6.07, 6.45) is 4.95. The van der Waals surface area contributed by atoms with Crippen molar-refractivity contribution in [1.82, 2.24) is 0 Å². The van der Waals surface area contributed by atoms with E-state index in [9.17, 15) is 13.2 Å². The van der Waals surface area contributed by atoms with Crippen molar-refractivity contribution in [3.63, 3.8) is 0 Å². The van der Waals surface area contributed by atoms with Gasteiger partial charge in [-0.3, -0.25) is 0 Å². The maximum atomic E-state index is 12.0. The van der Waals surface area contributed by atoms with Crippen molar-refractivity contribution in [2.24, 2.45) is 0 Å². The molecule has 0 fully saturated rings. The van der Waals surface area contributed by atoms with E-state index in [-0.39, 0.29) is 11.5 Å². The fraction of sp³-hybridized carbons (Fsp3) is 0.308. The van der Waals surface area contributed by atoms with E-state index >= 15 is 0 Å². The van der Waals surface area contributed by atoms with E-state index in [1.165, 1.54) is 26.0 Å². The highest BCUT2D eigenvalue weighted by molar-refractivity contribution is 7.86. The first-order valence-electron chi connectivity index (χ1n) is 5.41. The molecule has 0 aliphatic heterocycles. The zero-order chi connectivity index (χ0) is 14.5. The molecular formula is C13H14O5S. The molecule has 0 N–H and O–H groups in total. The number of esters is 1. The minimum absolute atomic E-state index is 0.0344. The summed E-state index contributed by atoms with van der Waals surface area (Å²) in [5.41, 5.74) is -1.65. The van der Waals surface area contributed by atoms with Crippen molar-refractivity contribution in [3.8, 4) is 12.3 Å². The summed E-state index contributed by atoms with van der Waals surface area (Å²) in [5.74, 6) is 1.27. The Morgan fingerprint density at radius 1 is 1.32 bits per heavy atom. The molecule has 0 radical (unpaired) electrons. The van der Waals surface area contributed by atoms with Crippen LogP contribution in [0.25, 0.3) is 0 Å². The molecule has 0 saturated carbocycles. The average molecular weight is 282 g/mol. The summed E-state index contributed by atoms with van der Waals surface area (Å²) < 4.78 is 33.5. The smallest absolute Gasteiger partial charge is 0.340 e. The van der Waals surface area contributed by atoms with E-state index in [1.54, 1.807) is 18.2 Å². The molecule has 0 spiro atoms. The molecule has 0 amide bonds. The average Bonchev–Trinajstić information content (AvgIpc) is 2.35. The van der Waals surface area contributed by atoms with E-state index in [0.29, 0.717) is 0 Å². The molecule has 6 heteroatoms. The minimum Gasteiger partial charge on any atom is -0.450 e. The van der Waals surface area contributed by atoms with Crippen molar-refractivity contribution in [3.05, 3.63) is 30.3 Å². The van der Waals surface area contributed by atoms with Gasteiger partial charge in [0.05, 0.1) is 4.90 Å². The number of carbonyl (C=O) groups is 1. The van der Waals surface area contributed by atoms with E-state index in [2.05, 4.69) is 10.7 Å². The molecule has 5 nitrogen and oxygen atoms in total. The van der Waals surface area contributed by atoms with Gasteiger partial charge in [0.2, 0.25) is 0 Å². The molecule has 1 aromatic carbocycles. The lowest BCUT2D eigenvalue weighted by atomic mass is 10.1. The number of benzene rings is 1. The monoisotopic (exact) mass is 282 g/mol. The van der Waals surface area contributed by atoms with Crippen molar-refractivity contribution in [1.29, 1.82) is 0 Å². The van der Waals surface area contributed by atoms with Gasteiger partial charge >= 0.3 is 5.97 Å². The Bertz CT molecular complexity index is 581. The third-order valence-electron chi connectivity index (χ3n) is 2.13. The van der Waals surface area contributed by atoms with Gasteiger partial charge in [-0.05, 0) is 26.0 Å². The van der Waals surface area contributed by atoms with Crippen molar-refractivity contribution in [2.45, 2.75) is 24.3 Å². The maximum Gasteiger partial charge on any atom is 0.340 e. The molecule has 19 heavy (non-hydrogen) atoms. The van der Waals surface area contributed by atoms with Crippen LogP contribution in [0.15, 0.2) is 35.2 Å². The molecule has 1 rings (SSSR count). The summed E-state index contributed by atoms with van der Waals surface area (Å²) >= 11 is 0. The van der Waals surface area contributed by atoms with Gasteiger partial charge in [0.25, 0.3) is 10.1 Å². The number of terminal acetylenes is 1. The normalized spacial score (nSPS) is 11.6. The van der Waals surface area contributed by atoms with Crippen LogP contribution in [0, 0.1) is 12.3 Å². The number of hydrogen-bond acceptors (Lipinski definition) is 5. The Hall–Kier alpha value is -1.84. The van der Waals surface area contributed by atoms with Gasteiger partial charge in [-0.15, -0.1) is 6.42 Å². The fourth-order valence-corrected chi connectivity index (χ4v) is 2.43. The topological polar surface area (TPSA) is 69.7 Å². The highest BCUT2D eigenvalue weighted by atomic mass is 32.2. The molecule has 0 heterocycles. The maximum absolute atomic E-state index is 12.0. The number of carbonyl (C=O) groups excluding carboxylic acids is 1. The largest absolute Gasteiger partial charge is 0.450 e. The Labute approximate surface area is 112 Å². The second-order valence-corrected chi connectivity index (χ2v) is 5.69. The highest BCUT2D eigenvalue weighted by Gasteiger charge is 2.36. The predicted molar refractivity (Wildman–Crippen MR) is 68.6 cm³/mol. The minimum atomic E-state index is -4.04. The van der Waals surface area contributed by atoms with E-state index < -0.39 is 21.7 Å². The molecule has 0 atom stereocenters. The highest BCUT2D eigenvalue weighted by Crippen LogP contribution is 2.21. The lowest BCUT2D eigenvalue weighted by molar-refractivity contribution is -0.157. The van der Waals surface area contributed by atoms with Gasteiger partial charge in [0.15, 0.2) is 12.2 Å². The quantitative estimate of drug-likeness (QED) is 0.463. The number of ether oxygens (including phenoxy) is 1. The third-order valence-corrected chi connectivity index (χ3v) is 3.61. The summed E-state index contributed by atoms with van der Waals surface area (Å²) in [6.45, 7) is 2.36. The second kappa shape index (κ2) is 5.87. The lowest BCUT2D eigenvalue weighted by Crippen LogP contribution is -2.38. The van der Waals surface area contributed by atoms with Crippen molar-refractivity contribution < 1.29 is 22.1 Å². The zero-order valence-electron chi connectivity index (χ0n) is 10.6. The molecule has 0 aromatic heterocycles. The van der Waals surface area contributed by atoms with Crippen LogP contribution in [-0.4, -0.2) is 26.6 Å². The third kappa shape index (κ3) is 4.09. The van der Waals surface area contributed by atoms with Crippen LogP contribution in [0.4, 0.5) is 0 Å². The van der Waals surface area contributed by atoms with Crippen LogP contribution in [-0.2, 0) is 23.8 Å². The second-order valence-electron chi connectivity index (χ2n) is 4.14. The molecule has 102 valence electrons. The van der Waals surface area contributed by atoms with Gasteiger partial charge in [0.1, 0.15) is 0 Å². The Kier molecular flexibility index (Phi) is 4.70. The SMILES string of the molecule is C#CCOC(=O)C(C)(C)OS(=O)(=O)c1ccccc1. The summed E-state index contributed by atoms with van der Waals surface area (Å²) in [5, 5.41) is 0. The van der Waals surface area contributed by atoms with Crippen LogP contribution in [0.5, 0.6) is 0 Å². The van der Waals surface area contributed by atoms with Crippen LogP contribution in [0.1, 0.15) is 13.8 Å². The summed E-state index contributed by atoms with van der Waals surface area (Å²) in [6, 6.07) is 7.53. The fourth-order valence-electron chi connectivity index (χ4n) is 1.22. The first kappa shape index (κ1) is 15.2. The lowest BCUT2D eigenvalue weighted by Gasteiger charge is -2.21. The first-order valence-corrected chi connectivity index (χ1v) is 6.82. The van der Waals surface area contributed by atoms with Gasteiger partial charge in [-0.1, -0.05) is 24.1 Å². The number of hydrogen-bond donors (Lipinski definition) is 0. The molecule has 0 unspecified atom stereocenters. The standard InChI is InChI=1S/C13H14O5S/c1-4-10-17-12(14)13(2,3)18-19(15,16)11-8-6-5-7-9-11/h1,5-9H,10H2,2-3H3. The summed E-state index contributed by atoms with van der Waals surface area (Å²) in [7, 11) is -4.04. The van der Waals surface area contributed by atoms with Crippen molar-refractivity contribution >= 4 is 16.1 Å². The van der Waals surface area contributed by atoms with Crippen LogP contribution in [0.3, 0.4) is 0 Å².